The molecular weight excluding hydrogens is 208 g/mol. The summed E-state index contributed by atoms with van der Waals surface area (Å²) in [4.78, 5) is 2.38. The van der Waals surface area contributed by atoms with Gasteiger partial charge in [-0.2, -0.15) is 0 Å². The summed E-state index contributed by atoms with van der Waals surface area (Å²) in [6.07, 6.45) is 5.34. The van der Waals surface area contributed by atoms with Gasteiger partial charge in [0.15, 0.2) is 0 Å². The molecule has 0 spiro atoms. The number of nitrogens with two attached hydrogens (primary N) is 1. The zero-order chi connectivity index (χ0) is 12.1. The van der Waals surface area contributed by atoms with E-state index in [9.17, 15) is 0 Å². The molecule has 0 bridgehead atoms. The van der Waals surface area contributed by atoms with Crippen molar-refractivity contribution in [2.24, 2.45) is 17.6 Å². The van der Waals surface area contributed by atoms with Crippen LogP contribution >= 0.6 is 0 Å². The van der Waals surface area contributed by atoms with Crippen molar-refractivity contribution in [2.45, 2.75) is 25.7 Å². The molecule has 1 aromatic carbocycles. The highest BCUT2D eigenvalue weighted by atomic mass is 15.1. The zero-order valence-corrected chi connectivity index (χ0v) is 10.8. The minimum absolute atomic E-state index is 0.785. The Hall–Kier alpha value is -1.02. The van der Waals surface area contributed by atoms with E-state index >= 15 is 0 Å². The average Bonchev–Trinajstić information content (AvgIpc) is 2.40. The number of rotatable bonds is 4. The van der Waals surface area contributed by atoms with Gasteiger partial charge in [-0.1, -0.05) is 18.2 Å². The molecule has 17 heavy (non-hydrogen) atoms. The van der Waals surface area contributed by atoms with Gasteiger partial charge in [0, 0.05) is 19.3 Å². The minimum atomic E-state index is 0.785. The van der Waals surface area contributed by atoms with Gasteiger partial charge in [0.25, 0.3) is 0 Å². The summed E-state index contributed by atoms with van der Waals surface area (Å²) in [6.45, 7) is 2.06. The van der Waals surface area contributed by atoms with E-state index < -0.39 is 0 Å². The van der Waals surface area contributed by atoms with Gasteiger partial charge in [0.1, 0.15) is 0 Å². The molecule has 0 aliphatic heterocycles. The molecule has 2 rings (SSSR count). The van der Waals surface area contributed by atoms with Crippen LogP contribution in [0.15, 0.2) is 30.3 Å². The Bertz CT molecular complexity index is 315. The van der Waals surface area contributed by atoms with Crippen LogP contribution in [-0.2, 0) is 0 Å². The second-order valence-corrected chi connectivity index (χ2v) is 5.34. The van der Waals surface area contributed by atoms with Crippen LogP contribution in [0.25, 0.3) is 0 Å². The van der Waals surface area contributed by atoms with Gasteiger partial charge in [-0.05, 0) is 56.2 Å². The fourth-order valence-electron chi connectivity index (χ4n) is 2.82. The van der Waals surface area contributed by atoms with Crippen molar-refractivity contribution in [1.29, 1.82) is 0 Å². The lowest BCUT2D eigenvalue weighted by molar-refractivity contribution is 0.283. The first-order valence-corrected chi connectivity index (χ1v) is 6.76. The van der Waals surface area contributed by atoms with Crippen LogP contribution in [-0.4, -0.2) is 20.1 Å². The van der Waals surface area contributed by atoms with Gasteiger partial charge in [-0.3, -0.25) is 0 Å². The number of anilines is 1. The predicted octanol–water partition coefficient (Wildman–Crippen LogP) is 2.89. The fraction of sp³-hybridized carbons (Fsp3) is 0.600. The molecule has 0 amide bonds. The number of benzene rings is 1. The van der Waals surface area contributed by atoms with E-state index in [1.54, 1.807) is 0 Å². The molecule has 1 aliphatic rings. The lowest BCUT2D eigenvalue weighted by Gasteiger charge is -2.31. The lowest BCUT2D eigenvalue weighted by atomic mass is 9.82. The minimum Gasteiger partial charge on any atom is -0.374 e. The van der Waals surface area contributed by atoms with Crippen molar-refractivity contribution in [3.05, 3.63) is 30.3 Å². The Balaban J connectivity index is 1.82. The standard InChI is InChI=1S/C15H24N2/c1-17(15-5-3-2-4-6-15)12-14-9-7-13(11-16)8-10-14/h2-6,13-14H,7-12,16H2,1H3. The maximum absolute atomic E-state index is 5.73. The highest BCUT2D eigenvalue weighted by molar-refractivity contribution is 5.44. The van der Waals surface area contributed by atoms with Crippen molar-refractivity contribution < 1.29 is 0 Å². The van der Waals surface area contributed by atoms with Crippen molar-refractivity contribution >= 4 is 5.69 Å². The SMILES string of the molecule is CN(CC1CCC(CN)CC1)c1ccccc1. The number of hydrogen-bond acceptors (Lipinski definition) is 2. The Morgan fingerprint density at radius 2 is 1.65 bits per heavy atom. The van der Waals surface area contributed by atoms with E-state index in [4.69, 9.17) is 5.73 Å². The van der Waals surface area contributed by atoms with E-state index in [0.717, 1.165) is 18.4 Å². The van der Waals surface area contributed by atoms with Crippen LogP contribution in [0.1, 0.15) is 25.7 Å². The normalized spacial score (nSPS) is 24.6. The molecule has 2 nitrogen and oxygen atoms in total. The third-order valence-electron chi connectivity index (χ3n) is 4.03. The van der Waals surface area contributed by atoms with E-state index in [1.165, 1.54) is 37.9 Å². The van der Waals surface area contributed by atoms with E-state index in [2.05, 4.69) is 42.3 Å². The molecule has 1 fully saturated rings. The predicted molar refractivity (Wildman–Crippen MR) is 74.2 cm³/mol. The maximum atomic E-state index is 5.73. The summed E-state index contributed by atoms with van der Waals surface area (Å²) < 4.78 is 0. The van der Waals surface area contributed by atoms with Gasteiger partial charge in [-0.25, -0.2) is 0 Å². The Morgan fingerprint density at radius 3 is 2.24 bits per heavy atom. The van der Waals surface area contributed by atoms with Gasteiger partial charge < -0.3 is 10.6 Å². The molecule has 1 aromatic rings. The summed E-state index contributed by atoms with van der Waals surface area (Å²) >= 11 is 0. The van der Waals surface area contributed by atoms with Crippen molar-refractivity contribution in [1.82, 2.24) is 0 Å². The molecule has 0 heterocycles. The molecule has 1 aliphatic carbocycles. The summed E-state index contributed by atoms with van der Waals surface area (Å²) in [5.41, 5.74) is 7.06. The van der Waals surface area contributed by atoms with Gasteiger partial charge in [-0.15, -0.1) is 0 Å². The zero-order valence-electron chi connectivity index (χ0n) is 10.8. The molecule has 94 valence electrons. The maximum Gasteiger partial charge on any atom is 0.0363 e. The van der Waals surface area contributed by atoms with Crippen molar-refractivity contribution in [3.8, 4) is 0 Å². The third kappa shape index (κ3) is 3.47. The molecule has 2 N–H and O–H groups in total. The second kappa shape index (κ2) is 6.06. The number of para-hydroxylation sites is 1. The lowest BCUT2D eigenvalue weighted by Crippen LogP contribution is -2.30. The van der Waals surface area contributed by atoms with Gasteiger partial charge in [0.05, 0.1) is 0 Å². The largest absolute Gasteiger partial charge is 0.374 e. The summed E-state index contributed by atoms with van der Waals surface area (Å²) in [6, 6.07) is 10.7. The van der Waals surface area contributed by atoms with Gasteiger partial charge in [0.2, 0.25) is 0 Å². The van der Waals surface area contributed by atoms with Crippen molar-refractivity contribution in [3.63, 3.8) is 0 Å². The van der Waals surface area contributed by atoms with Crippen LogP contribution in [0.3, 0.4) is 0 Å². The molecule has 0 saturated heterocycles. The average molecular weight is 232 g/mol. The topological polar surface area (TPSA) is 29.3 Å². The summed E-state index contributed by atoms with van der Waals surface area (Å²) in [7, 11) is 2.20. The Kier molecular flexibility index (Phi) is 4.43. The van der Waals surface area contributed by atoms with Crippen LogP contribution in [0.5, 0.6) is 0 Å². The molecule has 1 saturated carbocycles. The number of nitrogens with zero attached hydrogens (tertiary/aromatic N) is 1. The smallest absolute Gasteiger partial charge is 0.0363 e. The van der Waals surface area contributed by atoms with Gasteiger partial charge >= 0.3 is 0 Å². The van der Waals surface area contributed by atoms with Crippen LogP contribution in [0.4, 0.5) is 5.69 Å². The van der Waals surface area contributed by atoms with Crippen LogP contribution in [0, 0.1) is 11.8 Å². The highest BCUT2D eigenvalue weighted by Crippen LogP contribution is 2.29. The monoisotopic (exact) mass is 232 g/mol. The molecule has 0 unspecified atom stereocenters. The number of hydrogen-bond donors (Lipinski definition) is 1. The van der Waals surface area contributed by atoms with Crippen LogP contribution in [0.2, 0.25) is 0 Å². The Morgan fingerprint density at radius 1 is 1.06 bits per heavy atom. The highest BCUT2D eigenvalue weighted by Gasteiger charge is 2.21. The first-order chi connectivity index (χ1) is 8.29. The Labute approximate surface area is 105 Å². The molecule has 2 heteroatoms. The van der Waals surface area contributed by atoms with Crippen molar-refractivity contribution in [2.75, 3.05) is 25.0 Å². The fourth-order valence-corrected chi connectivity index (χ4v) is 2.82. The van der Waals surface area contributed by atoms with Crippen LogP contribution < -0.4 is 10.6 Å². The summed E-state index contributed by atoms with van der Waals surface area (Å²) in [5.74, 6) is 1.64. The second-order valence-electron chi connectivity index (χ2n) is 5.34. The summed E-state index contributed by atoms with van der Waals surface area (Å²) in [5, 5.41) is 0. The molecule has 0 atom stereocenters. The van der Waals surface area contributed by atoms with E-state index in [-0.39, 0.29) is 0 Å². The first-order valence-electron chi connectivity index (χ1n) is 6.76. The molecule has 0 radical (unpaired) electrons. The molecule has 0 aromatic heterocycles. The van der Waals surface area contributed by atoms with E-state index in [0.29, 0.717) is 0 Å². The third-order valence-corrected chi connectivity index (χ3v) is 4.03. The molecular formula is C15H24N2. The van der Waals surface area contributed by atoms with E-state index in [1.807, 2.05) is 0 Å². The first kappa shape index (κ1) is 12.4. The quantitative estimate of drug-likeness (QED) is 0.865.